The van der Waals surface area contributed by atoms with Crippen LogP contribution in [0.5, 0.6) is 0 Å². The van der Waals surface area contributed by atoms with Gasteiger partial charge in [0.1, 0.15) is 5.69 Å². The lowest BCUT2D eigenvalue weighted by Crippen LogP contribution is -2.00. The highest BCUT2D eigenvalue weighted by molar-refractivity contribution is 9.10. The normalized spacial score (nSPS) is 11.0. The molecule has 0 aliphatic heterocycles. The summed E-state index contributed by atoms with van der Waals surface area (Å²) in [5.74, 6) is 0. The molecule has 29 heavy (non-hydrogen) atoms. The summed E-state index contributed by atoms with van der Waals surface area (Å²) in [6.45, 7) is 3.92. The van der Waals surface area contributed by atoms with E-state index >= 15 is 0 Å². The number of non-ortho nitro benzene ring substituents is 1. The molecule has 0 saturated carbocycles. The molecule has 0 aliphatic rings. The number of hydrogen-bond acceptors (Lipinski definition) is 6. The molecule has 0 fully saturated rings. The first-order valence-electron chi connectivity index (χ1n) is 8.44. The summed E-state index contributed by atoms with van der Waals surface area (Å²) in [7, 11) is 0. The number of nitrogens with one attached hydrogen (secondary N) is 1. The van der Waals surface area contributed by atoms with E-state index in [9.17, 15) is 20.2 Å². The highest BCUT2D eigenvalue weighted by Crippen LogP contribution is 2.29. The largest absolute Gasteiger partial charge is 0.318 e. The molecule has 0 atom stereocenters. The predicted octanol–water partition coefficient (Wildman–Crippen LogP) is 5.12. The molecular formula is C19H16BrN5O4. The lowest BCUT2D eigenvalue weighted by molar-refractivity contribution is -0.393. The molecule has 3 aromatic rings. The molecule has 0 aliphatic carbocycles. The van der Waals surface area contributed by atoms with Crippen molar-refractivity contribution in [2.24, 2.45) is 5.10 Å². The van der Waals surface area contributed by atoms with Crippen molar-refractivity contribution in [1.29, 1.82) is 0 Å². The molecule has 2 aromatic carbocycles. The highest BCUT2D eigenvalue weighted by atomic mass is 79.9. The van der Waals surface area contributed by atoms with Crippen LogP contribution in [0.25, 0.3) is 5.69 Å². The number of benzene rings is 2. The Morgan fingerprint density at radius 1 is 1.03 bits per heavy atom. The van der Waals surface area contributed by atoms with E-state index in [1.54, 1.807) is 6.21 Å². The van der Waals surface area contributed by atoms with Crippen molar-refractivity contribution in [3.05, 3.63) is 90.2 Å². The summed E-state index contributed by atoms with van der Waals surface area (Å²) in [4.78, 5) is 20.6. The van der Waals surface area contributed by atoms with Gasteiger partial charge >= 0.3 is 5.69 Å². The van der Waals surface area contributed by atoms with E-state index in [1.807, 2.05) is 44.2 Å². The van der Waals surface area contributed by atoms with Crippen LogP contribution in [0, 0.1) is 34.1 Å². The fourth-order valence-electron chi connectivity index (χ4n) is 2.96. The number of nitro groups is 2. The zero-order valence-corrected chi connectivity index (χ0v) is 17.1. The van der Waals surface area contributed by atoms with Crippen LogP contribution in [0.2, 0.25) is 0 Å². The zero-order valence-electron chi connectivity index (χ0n) is 15.5. The van der Waals surface area contributed by atoms with Crippen LogP contribution in [-0.2, 0) is 0 Å². The van der Waals surface area contributed by atoms with E-state index < -0.39 is 15.5 Å². The molecule has 1 aromatic heterocycles. The summed E-state index contributed by atoms with van der Waals surface area (Å²) in [5, 5.41) is 26.1. The third-order valence-corrected chi connectivity index (χ3v) is 4.86. The Kier molecular flexibility index (Phi) is 5.74. The van der Waals surface area contributed by atoms with Crippen molar-refractivity contribution in [3.63, 3.8) is 0 Å². The summed E-state index contributed by atoms with van der Waals surface area (Å²) in [5.41, 5.74) is 5.69. The Morgan fingerprint density at radius 2 is 1.72 bits per heavy atom. The molecule has 148 valence electrons. The minimum absolute atomic E-state index is 0.0681. The molecule has 9 nitrogen and oxygen atoms in total. The van der Waals surface area contributed by atoms with Gasteiger partial charge in [0.05, 0.1) is 22.1 Å². The van der Waals surface area contributed by atoms with Gasteiger partial charge in [0, 0.05) is 33.2 Å². The van der Waals surface area contributed by atoms with Crippen LogP contribution in [-0.4, -0.2) is 20.6 Å². The van der Waals surface area contributed by atoms with Crippen molar-refractivity contribution >= 4 is 39.2 Å². The van der Waals surface area contributed by atoms with Gasteiger partial charge in [-0.15, -0.1) is 0 Å². The van der Waals surface area contributed by atoms with E-state index in [4.69, 9.17) is 0 Å². The summed E-state index contributed by atoms with van der Waals surface area (Å²) >= 11 is 3.42. The maximum atomic E-state index is 11.2. The quantitative estimate of drug-likeness (QED) is 0.313. The first-order chi connectivity index (χ1) is 13.8. The number of aromatic nitrogens is 1. The van der Waals surface area contributed by atoms with Gasteiger partial charge in [-0.2, -0.15) is 5.10 Å². The smallest absolute Gasteiger partial charge is 0.301 e. The predicted molar refractivity (Wildman–Crippen MR) is 114 cm³/mol. The standard InChI is InChI=1S/C19H16BrN5O4/c1-12-9-14(13(2)23(12)16-5-3-15(20)4-6-16)11-21-22-18-8-7-17(24(26)27)10-19(18)25(28)29/h3-11,22H,1-2H3/b21-11-. The van der Waals surface area contributed by atoms with Gasteiger partial charge in [0.15, 0.2) is 0 Å². The van der Waals surface area contributed by atoms with E-state index in [0.29, 0.717) is 0 Å². The Labute approximate surface area is 174 Å². The monoisotopic (exact) mass is 457 g/mol. The van der Waals surface area contributed by atoms with Crippen molar-refractivity contribution in [3.8, 4) is 5.69 Å². The fraction of sp³-hybridized carbons (Fsp3) is 0.105. The molecular weight excluding hydrogens is 442 g/mol. The first-order valence-corrected chi connectivity index (χ1v) is 9.24. The second-order valence-corrected chi connectivity index (χ2v) is 7.14. The van der Waals surface area contributed by atoms with Crippen LogP contribution >= 0.6 is 15.9 Å². The third kappa shape index (κ3) is 4.32. The molecule has 0 unspecified atom stereocenters. The Hall–Kier alpha value is -3.53. The second kappa shape index (κ2) is 8.23. The van der Waals surface area contributed by atoms with Crippen molar-refractivity contribution in [2.45, 2.75) is 13.8 Å². The highest BCUT2D eigenvalue weighted by Gasteiger charge is 2.19. The van der Waals surface area contributed by atoms with E-state index in [-0.39, 0.29) is 11.4 Å². The average molecular weight is 458 g/mol. The minimum atomic E-state index is -0.690. The molecule has 0 amide bonds. The minimum Gasteiger partial charge on any atom is -0.318 e. The Bertz CT molecular complexity index is 1120. The van der Waals surface area contributed by atoms with Gasteiger partial charge < -0.3 is 4.57 Å². The summed E-state index contributed by atoms with van der Waals surface area (Å²) in [6, 6.07) is 13.2. The van der Waals surface area contributed by atoms with Crippen LogP contribution in [0.1, 0.15) is 17.0 Å². The molecule has 0 radical (unpaired) electrons. The number of halogens is 1. The van der Waals surface area contributed by atoms with E-state index in [2.05, 4.69) is 31.0 Å². The van der Waals surface area contributed by atoms with Gasteiger partial charge in [-0.05, 0) is 50.2 Å². The van der Waals surface area contributed by atoms with E-state index in [1.165, 1.54) is 12.1 Å². The molecule has 3 rings (SSSR count). The molecule has 0 spiro atoms. The number of anilines is 1. The van der Waals surface area contributed by atoms with Gasteiger partial charge in [-0.25, -0.2) is 0 Å². The molecule has 0 bridgehead atoms. The lowest BCUT2D eigenvalue weighted by Gasteiger charge is -2.09. The number of hydrogen-bond donors (Lipinski definition) is 1. The van der Waals surface area contributed by atoms with Gasteiger partial charge in [-0.3, -0.25) is 25.7 Å². The Morgan fingerprint density at radius 3 is 2.34 bits per heavy atom. The van der Waals surface area contributed by atoms with Crippen LogP contribution < -0.4 is 5.43 Å². The number of nitro benzene ring substituents is 2. The number of aryl methyl sites for hydroxylation is 1. The summed E-state index contributed by atoms with van der Waals surface area (Å²) < 4.78 is 3.06. The van der Waals surface area contributed by atoms with Crippen molar-refractivity contribution in [2.75, 3.05) is 5.43 Å². The molecule has 10 heteroatoms. The average Bonchev–Trinajstić information content (AvgIpc) is 2.96. The topological polar surface area (TPSA) is 116 Å². The zero-order chi connectivity index (χ0) is 21.1. The summed E-state index contributed by atoms with van der Waals surface area (Å²) in [6.07, 6.45) is 1.56. The second-order valence-electron chi connectivity index (χ2n) is 6.22. The molecule has 1 heterocycles. The van der Waals surface area contributed by atoms with Crippen LogP contribution in [0.3, 0.4) is 0 Å². The van der Waals surface area contributed by atoms with E-state index in [0.717, 1.165) is 33.2 Å². The van der Waals surface area contributed by atoms with Gasteiger partial charge in [-0.1, -0.05) is 15.9 Å². The van der Waals surface area contributed by atoms with Gasteiger partial charge in [0.2, 0.25) is 0 Å². The fourth-order valence-corrected chi connectivity index (χ4v) is 3.22. The SMILES string of the molecule is Cc1cc(/C=N\Nc2ccc([N+](=O)[O-])cc2[N+](=O)[O-])c(C)n1-c1ccc(Br)cc1. The number of hydrazone groups is 1. The van der Waals surface area contributed by atoms with Gasteiger partial charge in [0.25, 0.3) is 5.69 Å². The molecule has 0 saturated heterocycles. The number of nitrogens with zero attached hydrogens (tertiary/aromatic N) is 4. The lowest BCUT2D eigenvalue weighted by atomic mass is 10.2. The number of rotatable bonds is 6. The Balaban J connectivity index is 1.86. The van der Waals surface area contributed by atoms with Crippen molar-refractivity contribution in [1.82, 2.24) is 4.57 Å². The van der Waals surface area contributed by atoms with Crippen LogP contribution in [0.15, 0.2) is 58.1 Å². The maximum Gasteiger partial charge on any atom is 0.301 e. The maximum absolute atomic E-state index is 11.2. The van der Waals surface area contributed by atoms with Crippen molar-refractivity contribution < 1.29 is 9.85 Å². The van der Waals surface area contributed by atoms with Crippen LogP contribution in [0.4, 0.5) is 17.1 Å². The molecule has 1 N–H and O–H groups in total. The first kappa shape index (κ1) is 20.2. The third-order valence-electron chi connectivity index (χ3n) is 4.33.